The third-order valence-corrected chi connectivity index (χ3v) is 9.60. The summed E-state index contributed by atoms with van der Waals surface area (Å²) >= 11 is 0. The lowest BCUT2D eigenvalue weighted by Crippen LogP contribution is -2.56. The monoisotopic (exact) mass is 682 g/mol. The minimum atomic E-state index is -1.43. The van der Waals surface area contributed by atoms with Gasteiger partial charge in [0.2, 0.25) is 11.8 Å². The molecule has 0 unspecified atom stereocenters. The van der Waals surface area contributed by atoms with Crippen LogP contribution in [-0.4, -0.2) is 74.7 Å². The third-order valence-electron chi connectivity index (χ3n) is 9.60. The van der Waals surface area contributed by atoms with Crippen molar-refractivity contribution in [2.75, 3.05) is 6.54 Å². The van der Waals surface area contributed by atoms with Crippen molar-refractivity contribution >= 4 is 34.8 Å². The predicted octanol–water partition coefficient (Wildman–Crippen LogP) is 5.93. The summed E-state index contributed by atoms with van der Waals surface area (Å²) in [4.78, 5) is 60.2. The molecule has 2 aliphatic heterocycles. The Hall–Kier alpha value is -4.93. The fraction of sp³-hybridized carbons (Fsp3) is 0.462. The molecule has 2 fully saturated rings. The molecule has 3 aliphatic rings. The molecule has 0 bridgehead atoms. The second kappa shape index (κ2) is 14.1. The molecule has 3 aromatic rings. The number of benzene rings is 2. The van der Waals surface area contributed by atoms with Gasteiger partial charge in [-0.3, -0.25) is 9.59 Å². The number of hydrogen-bond acceptors (Lipinski definition) is 7. The van der Waals surface area contributed by atoms with Crippen LogP contribution in [0.1, 0.15) is 71.3 Å². The Balaban J connectivity index is 1.34. The number of nitrogens with one attached hydrogen (secondary N) is 2. The van der Waals surface area contributed by atoms with Gasteiger partial charge in [0.05, 0.1) is 17.8 Å². The highest BCUT2D eigenvalue weighted by Gasteiger charge is 2.61. The number of ether oxygens (including phenoxy) is 2. The molecular weight excluding hydrogens is 636 g/mol. The highest BCUT2D eigenvalue weighted by atomic mass is 16.6. The summed E-state index contributed by atoms with van der Waals surface area (Å²) in [6.07, 6.45) is 6.35. The summed E-state index contributed by atoms with van der Waals surface area (Å²) < 4.78 is 12.2. The maximum atomic E-state index is 14.4. The largest absolute Gasteiger partial charge is 0.488 e. The first-order valence-electron chi connectivity index (χ1n) is 17.5. The Morgan fingerprint density at radius 1 is 1.06 bits per heavy atom. The van der Waals surface area contributed by atoms with E-state index in [-0.39, 0.29) is 25.3 Å². The van der Waals surface area contributed by atoms with E-state index < -0.39 is 53.2 Å². The van der Waals surface area contributed by atoms with Crippen LogP contribution in [0.25, 0.3) is 22.2 Å². The molecule has 0 radical (unpaired) electrons. The molecule has 1 aromatic heterocycles. The van der Waals surface area contributed by atoms with Crippen LogP contribution in [0.4, 0.5) is 4.79 Å². The molecular formula is C39H46N4O7. The molecule has 6 rings (SSSR count). The van der Waals surface area contributed by atoms with E-state index in [1.54, 1.807) is 20.8 Å². The zero-order chi connectivity index (χ0) is 35.6. The van der Waals surface area contributed by atoms with Gasteiger partial charge in [0.25, 0.3) is 0 Å². The van der Waals surface area contributed by atoms with E-state index >= 15 is 0 Å². The Morgan fingerprint density at radius 2 is 1.84 bits per heavy atom. The van der Waals surface area contributed by atoms with Crippen LogP contribution in [0.5, 0.6) is 5.75 Å². The Morgan fingerprint density at radius 3 is 2.58 bits per heavy atom. The van der Waals surface area contributed by atoms with Gasteiger partial charge >= 0.3 is 12.1 Å². The molecule has 3 heterocycles. The van der Waals surface area contributed by atoms with E-state index in [1.807, 2.05) is 73.7 Å². The molecule has 1 aliphatic carbocycles. The molecule has 50 heavy (non-hydrogen) atoms. The fourth-order valence-electron chi connectivity index (χ4n) is 6.94. The summed E-state index contributed by atoms with van der Waals surface area (Å²) in [6, 6.07) is 15.6. The lowest BCUT2D eigenvalue weighted by atomic mass is 10.0. The van der Waals surface area contributed by atoms with Gasteiger partial charge in [-0.1, -0.05) is 61.4 Å². The van der Waals surface area contributed by atoms with Gasteiger partial charge in [0, 0.05) is 29.4 Å². The third kappa shape index (κ3) is 7.77. The number of hydrogen-bond donors (Lipinski definition) is 3. The number of alkyl carbamates (subject to hydrolysis) is 1. The van der Waals surface area contributed by atoms with E-state index in [0.717, 1.165) is 47.0 Å². The normalized spacial score (nSPS) is 26.4. The number of fused-ring (bicyclic) bond motifs is 3. The molecule has 1 saturated heterocycles. The number of aryl methyl sites for hydroxylation is 1. The summed E-state index contributed by atoms with van der Waals surface area (Å²) in [6.45, 7) is 7.30. The average molecular weight is 683 g/mol. The SMILES string of the molecule is Cc1ccc2c(O[C@@H]3C[C@H]4C(=O)N[C@]5(C(=O)O)C[C@@H]5/C=C\CCCCC[C@H](NC(=O)OC(C)(C)C)C(=O)N4C3)cc(-c3ccccc3)nc2c1. The van der Waals surface area contributed by atoms with Gasteiger partial charge in [0.1, 0.15) is 35.1 Å². The summed E-state index contributed by atoms with van der Waals surface area (Å²) in [5.74, 6) is -1.88. The van der Waals surface area contributed by atoms with E-state index in [1.165, 1.54) is 4.90 Å². The maximum absolute atomic E-state index is 14.4. The number of aromatic nitrogens is 1. The van der Waals surface area contributed by atoms with Crippen LogP contribution < -0.4 is 15.4 Å². The molecule has 3 N–H and O–H groups in total. The number of carbonyl (C=O) groups excluding carboxylic acids is 3. The lowest BCUT2D eigenvalue weighted by Gasteiger charge is -2.30. The minimum Gasteiger partial charge on any atom is -0.488 e. The molecule has 11 heteroatoms. The first kappa shape index (κ1) is 34.9. The van der Waals surface area contributed by atoms with Crippen LogP contribution >= 0.6 is 0 Å². The van der Waals surface area contributed by atoms with Crippen LogP contribution in [-0.2, 0) is 19.1 Å². The van der Waals surface area contributed by atoms with E-state index in [0.29, 0.717) is 18.6 Å². The Kier molecular flexibility index (Phi) is 9.87. The minimum absolute atomic E-state index is 0.0587. The second-order valence-electron chi connectivity index (χ2n) is 14.7. The van der Waals surface area contributed by atoms with Crippen molar-refractivity contribution in [2.45, 2.75) is 102 Å². The number of carbonyl (C=O) groups is 4. The number of rotatable bonds is 5. The molecule has 11 nitrogen and oxygen atoms in total. The average Bonchev–Trinajstić information content (AvgIpc) is 3.59. The van der Waals surface area contributed by atoms with Crippen LogP contribution in [0, 0.1) is 12.8 Å². The van der Waals surface area contributed by atoms with Gasteiger partial charge in [-0.05, 0) is 71.1 Å². The van der Waals surface area contributed by atoms with E-state index in [9.17, 15) is 24.3 Å². The molecule has 0 spiro atoms. The molecule has 1 saturated carbocycles. The van der Waals surface area contributed by atoms with Crippen LogP contribution in [0.3, 0.4) is 0 Å². The van der Waals surface area contributed by atoms with Crippen molar-refractivity contribution < 1.29 is 33.8 Å². The number of nitrogens with zero attached hydrogens (tertiary/aromatic N) is 2. The van der Waals surface area contributed by atoms with Crippen LogP contribution in [0.2, 0.25) is 0 Å². The number of amides is 3. The molecule has 264 valence electrons. The molecule has 3 amide bonds. The topological polar surface area (TPSA) is 147 Å². The van der Waals surface area contributed by atoms with Crippen molar-refractivity contribution in [3.8, 4) is 17.0 Å². The molecule has 5 atom stereocenters. The maximum Gasteiger partial charge on any atom is 0.408 e. The molecule has 2 aromatic carbocycles. The Bertz CT molecular complexity index is 1800. The van der Waals surface area contributed by atoms with Gasteiger partial charge < -0.3 is 30.1 Å². The first-order valence-corrected chi connectivity index (χ1v) is 17.5. The van der Waals surface area contributed by atoms with Crippen LogP contribution in [0.15, 0.2) is 66.7 Å². The fourth-order valence-corrected chi connectivity index (χ4v) is 6.94. The van der Waals surface area contributed by atoms with Crippen molar-refractivity contribution in [3.63, 3.8) is 0 Å². The Labute approximate surface area is 292 Å². The zero-order valence-corrected chi connectivity index (χ0v) is 29.1. The number of aliphatic carboxylic acids is 1. The van der Waals surface area contributed by atoms with Crippen molar-refractivity contribution in [2.24, 2.45) is 5.92 Å². The second-order valence-corrected chi connectivity index (χ2v) is 14.7. The summed E-state index contributed by atoms with van der Waals surface area (Å²) in [7, 11) is 0. The van der Waals surface area contributed by atoms with E-state index in [2.05, 4.69) is 10.6 Å². The zero-order valence-electron chi connectivity index (χ0n) is 29.1. The first-order chi connectivity index (χ1) is 23.8. The van der Waals surface area contributed by atoms with Crippen molar-refractivity contribution in [1.82, 2.24) is 20.5 Å². The lowest BCUT2D eigenvalue weighted by molar-refractivity contribution is -0.145. The van der Waals surface area contributed by atoms with Crippen molar-refractivity contribution in [3.05, 3.63) is 72.3 Å². The van der Waals surface area contributed by atoms with Crippen molar-refractivity contribution in [1.29, 1.82) is 0 Å². The van der Waals surface area contributed by atoms with Gasteiger partial charge in [-0.2, -0.15) is 0 Å². The standard InChI is InChI=1S/C39H46N4O7/c1-24-17-18-28-31(19-24)40-30(25-13-9-8-10-14-25)21-33(28)49-27-20-32-34(44)42-39(36(46)47)22-26(39)15-11-6-5-7-12-16-29(35(45)43(32)23-27)41-37(48)50-38(2,3)4/h8-11,13-15,17-19,21,26-27,29,32H,5-7,12,16,20,22-23H2,1-4H3,(H,41,48)(H,42,44)(H,46,47)/b15-11-/t26-,27+,29-,32-,39+/m0/s1. The van der Waals surface area contributed by atoms with Gasteiger partial charge in [-0.25, -0.2) is 14.6 Å². The number of allylic oxidation sites excluding steroid dienone is 1. The van der Waals surface area contributed by atoms with Gasteiger partial charge in [-0.15, -0.1) is 0 Å². The van der Waals surface area contributed by atoms with E-state index in [4.69, 9.17) is 14.5 Å². The summed E-state index contributed by atoms with van der Waals surface area (Å²) in [5, 5.41) is 16.6. The summed E-state index contributed by atoms with van der Waals surface area (Å²) in [5.41, 5.74) is 1.22. The highest BCUT2D eigenvalue weighted by molar-refractivity contribution is 5.96. The quantitative estimate of drug-likeness (QED) is 0.281. The smallest absolute Gasteiger partial charge is 0.408 e. The number of carboxylic acid groups (broad SMARTS) is 1. The van der Waals surface area contributed by atoms with Gasteiger partial charge in [0.15, 0.2) is 0 Å². The number of pyridine rings is 1. The highest BCUT2D eigenvalue weighted by Crippen LogP contribution is 2.45. The number of carboxylic acids is 1. The predicted molar refractivity (Wildman–Crippen MR) is 188 cm³/mol.